The topological polar surface area (TPSA) is 3.24 Å². The van der Waals surface area contributed by atoms with E-state index in [1.54, 1.807) is 0 Å². The smallest absolute Gasteiger partial charge is 0.0159 e. The highest BCUT2D eigenvalue weighted by molar-refractivity contribution is 9.09. The normalized spacial score (nSPS) is 25.1. The summed E-state index contributed by atoms with van der Waals surface area (Å²) >= 11 is 3.64. The molecule has 0 bridgehead atoms. The van der Waals surface area contributed by atoms with Crippen LogP contribution in [-0.2, 0) is 0 Å². The molecule has 1 nitrogen and oxygen atoms in total. The minimum atomic E-state index is 0.906. The van der Waals surface area contributed by atoms with Crippen LogP contribution in [0.4, 0.5) is 0 Å². The molecule has 0 heterocycles. The van der Waals surface area contributed by atoms with Gasteiger partial charge in [0.25, 0.3) is 0 Å². The third-order valence-corrected chi connectivity index (χ3v) is 4.78. The molecule has 0 aromatic rings. The zero-order valence-electron chi connectivity index (χ0n) is 10.5. The van der Waals surface area contributed by atoms with E-state index in [1.165, 1.54) is 70.8 Å². The molecule has 0 N–H and O–H groups in total. The Labute approximate surface area is 109 Å². The van der Waals surface area contributed by atoms with Crippen LogP contribution in [0.3, 0.4) is 0 Å². The molecule has 0 radical (unpaired) electrons. The first kappa shape index (κ1) is 12.9. The standard InChI is InChI=1S/C14H26BrN/c15-11-12-16(14-9-5-6-10-14)13-7-3-1-2-4-8-13/h13-14H,1-12H2. The van der Waals surface area contributed by atoms with Gasteiger partial charge in [-0.25, -0.2) is 0 Å². The lowest BCUT2D eigenvalue weighted by Gasteiger charge is -2.35. The van der Waals surface area contributed by atoms with Crippen molar-refractivity contribution >= 4 is 15.9 Å². The summed E-state index contributed by atoms with van der Waals surface area (Å²) in [4.78, 5) is 2.85. The second-order valence-corrected chi connectivity index (χ2v) is 6.30. The second kappa shape index (κ2) is 7.00. The van der Waals surface area contributed by atoms with Crippen LogP contribution in [0.5, 0.6) is 0 Å². The second-order valence-electron chi connectivity index (χ2n) is 5.51. The fourth-order valence-corrected chi connectivity index (χ4v) is 4.00. The maximum Gasteiger partial charge on any atom is 0.0159 e. The molecule has 94 valence electrons. The molecule has 0 saturated heterocycles. The van der Waals surface area contributed by atoms with E-state index in [9.17, 15) is 0 Å². The van der Waals surface area contributed by atoms with Crippen molar-refractivity contribution in [2.45, 2.75) is 76.3 Å². The summed E-state index contributed by atoms with van der Waals surface area (Å²) < 4.78 is 0. The predicted octanol–water partition coefficient (Wildman–Crippen LogP) is 4.35. The van der Waals surface area contributed by atoms with E-state index < -0.39 is 0 Å². The zero-order chi connectivity index (χ0) is 11.2. The van der Waals surface area contributed by atoms with Crippen LogP contribution < -0.4 is 0 Å². The summed E-state index contributed by atoms with van der Waals surface area (Å²) in [7, 11) is 0. The van der Waals surface area contributed by atoms with E-state index in [0.717, 1.165) is 17.4 Å². The van der Waals surface area contributed by atoms with E-state index in [4.69, 9.17) is 0 Å². The summed E-state index contributed by atoms with van der Waals surface area (Å²) in [5, 5.41) is 1.15. The number of alkyl halides is 1. The Bertz CT molecular complexity index is 181. The van der Waals surface area contributed by atoms with Gasteiger partial charge >= 0.3 is 0 Å². The summed E-state index contributed by atoms with van der Waals surface area (Å²) in [6.45, 7) is 1.27. The first-order valence-corrected chi connectivity index (χ1v) is 8.35. The molecule has 0 spiro atoms. The lowest BCUT2D eigenvalue weighted by Crippen LogP contribution is -2.43. The molecule has 2 aliphatic carbocycles. The molecular formula is C14H26BrN. The van der Waals surface area contributed by atoms with E-state index in [-0.39, 0.29) is 0 Å². The third kappa shape index (κ3) is 3.46. The zero-order valence-corrected chi connectivity index (χ0v) is 12.1. The lowest BCUT2D eigenvalue weighted by atomic mass is 10.0. The van der Waals surface area contributed by atoms with Gasteiger partial charge in [-0.3, -0.25) is 4.90 Å². The molecule has 0 aliphatic heterocycles. The van der Waals surface area contributed by atoms with E-state index in [2.05, 4.69) is 20.8 Å². The quantitative estimate of drug-likeness (QED) is 0.549. The molecule has 0 aromatic carbocycles. The molecule has 0 aromatic heterocycles. The van der Waals surface area contributed by atoms with Gasteiger partial charge in [0.15, 0.2) is 0 Å². The molecule has 2 saturated carbocycles. The Hall–Kier alpha value is 0.440. The van der Waals surface area contributed by atoms with Crippen molar-refractivity contribution in [2.24, 2.45) is 0 Å². The van der Waals surface area contributed by atoms with Gasteiger partial charge < -0.3 is 0 Å². The first-order valence-electron chi connectivity index (χ1n) is 7.23. The highest BCUT2D eigenvalue weighted by atomic mass is 79.9. The predicted molar refractivity (Wildman–Crippen MR) is 74.2 cm³/mol. The van der Waals surface area contributed by atoms with Crippen LogP contribution in [0, 0.1) is 0 Å². The monoisotopic (exact) mass is 287 g/mol. The van der Waals surface area contributed by atoms with Crippen LogP contribution in [0.25, 0.3) is 0 Å². The molecule has 2 heteroatoms. The van der Waals surface area contributed by atoms with E-state index >= 15 is 0 Å². The average Bonchev–Trinajstić information content (AvgIpc) is 2.69. The van der Waals surface area contributed by atoms with Crippen LogP contribution >= 0.6 is 15.9 Å². The van der Waals surface area contributed by atoms with Gasteiger partial charge in [0.2, 0.25) is 0 Å². The van der Waals surface area contributed by atoms with Gasteiger partial charge in [-0.2, -0.15) is 0 Å². The van der Waals surface area contributed by atoms with Crippen LogP contribution in [0.15, 0.2) is 0 Å². The van der Waals surface area contributed by atoms with Crippen LogP contribution in [0.1, 0.15) is 64.2 Å². The fraction of sp³-hybridized carbons (Fsp3) is 1.00. The largest absolute Gasteiger partial charge is 0.297 e. The summed E-state index contributed by atoms with van der Waals surface area (Å²) in [6, 6.07) is 1.82. The molecule has 2 aliphatic rings. The van der Waals surface area contributed by atoms with Crippen molar-refractivity contribution in [2.75, 3.05) is 11.9 Å². The molecule has 2 fully saturated rings. The molecule has 2 rings (SSSR count). The average molecular weight is 288 g/mol. The van der Waals surface area contributed by atoms with Gasteiger partial charge in [0.05, 0.1) is 0 Å². The number of hydrogen-bond acceptors (Lipinski definition) is 1. The number of halogens is 1. The van der Waals surface area contributed by atoms with Gasteiger partial charge in [0.1, 0.15) is 0 Å². The molecule has 0 amide bonds. The minimum Gasteiger partial charge on any atom is -0.297 e. The van der Waals surface area contributed by atoms with E-state index in [0.29, 0.717) is 0 Å². The van der Waals surface area contributed by atoms with Gasteiger partial charge in [-0.15, -0.1) is 0 Å². The first-order chi connectivity index (χ1) is 7.92. The molecule has 0 unspecified atom stereocenters. The van der Waals surface area contributed by atoms with Gasteiger partial charge in [-0.1, -0.05) is 54.5 Å². The van der Waals surface area contributed by atoms with Crippen molar-refractivity contribution in [3.63, 3.8) is 0 Å². The Morgan fingerprint density at radius 2 is 1.19 bits per heavy atom. The summed E-state index contributed by atoms with van der Waals surface area (Å²) in [5.74, 6) is 0. The Balaban J connectivity index is 1.92. The molecular weight excluding hydrogens is 262 g/mol. The van der Waals surface area contributed by atoms with Crippen LogP contribution in [0.2, 0.25) is 0 Å². The lowest BCUT2D eigenvalue weighted by molar-refractivity contribution is 0.132. The summed E-state index contributed by atoms with van der Waals surface area (Å²) in [6.07, 6.45) is 14.7. The maximum atomic E-state index is 3.64. The maximum absolute atomic E-state index is 3.64. The van der Waals surface area contributed by atoms with Crippen LogP contribution in [-0.4, -0.2) is 28.9 Å². The highest BCUT2D eigenvalue weighted by Crippen LogP contribution is 2.30. The van der Waals surface area contributed by atoms with Crippen molar-refractivity contribution in [1.82, 2.24) is 4.90 Å². The van der Waals surface area contributed by atoms with Gasteiger partial charge in [0, 0.05) is 24.0 Å². The Morgan fingerprint density at radius 1 is 0.750 bits per heavy atom. The number of nitrogens with zero attached hydrogens (tertiary/aromatic N) is 1. The van der Waals surface area contributed by atoms with Crippen molar-refractivity contribution < 1.29 is 0 Å². The number of hydrogen-bond donors (Lipinski definition) is 0. The van der Waals surface area contributed by atoms with Crippen molar-refractivity contribution in [3.05, 3.63) is 0 Å². The van der Waals surface area contributed by atoms with Gasteiger partial charge in [-0.05, 0) is 25.7 Å². The molecule has 16 heavy (non-hydrogen) atoms. The van der Waals surface area contributed by atoms with E-state index in [1.807, 2.05) is 0 Å². The number of rotatable bonds is 4. The molecule has 0 atom stereocenters. The minimum absolute atomic E-state index is 0.906. The third-order valence-electron chi connectivity index (χ3n) is 4.43. The Morgan fingerprint density at radius 3 is 1.62 bits per heavy atom. The van der Waals surface area contributed by atoms with Crippen molar-refractivity contribution in [3.8, 4) is 0 Å². The Kier molecular flexibility index (Phi) is 5.64. The fourth-order valence-electron chi connectivity index (χ4n) is 3.59. The van der Waals surface area contributed by atoms with Crippen molar-refractivity contribution in [1.29, 1.82) is 0 Å². The summed E-state index contributed by atoms with van der Waals surface area (Å²) in [5.41, 5.74) is 0. The highest BCUT2D eigenvalue weighted by Gasteiger charge is 2.28. The SMILES string of the molecule is BrCCN(C1CCCCCC1)C1CCCC1.